The van der Waals surface area contributed by atoms with E-state index >= 15 is 4.39 Å². The van der Waals surface area contributed by atoms with E-state index in [1.165, 1.54) is 37.4 Å². The molecule has 0 radical (unpaired) electrons. The molecular weight excluding hydrogens is 375 g/mol. The third-order valence-electron chi connectivity index (χ3n) is 4.01. The van der Waals surface area contributed by atoms with E-state index < -0.39 is 23.7 Å². The normalized spacial score (nSPS) is 11.4. The Morgan fingerprint density at radius 3 is 2.63 bits per heavy atom. The van der Waals surface area contributed by atoms with Crippen molar-refractivity contribution in [3.05, 3.63) is 63.4 Å². The van der Waals surface area contributed by atoms with Crippen molar-refractivity contribution in [3.8, 4) is 11.8 Å². The molecule has 0 unspecified atom stereocenters. The van der Waals surface area contributed by atoms with Crippen LogP contribution < -0.4 is 10.1 Å². The number of nitriles is 1. The highest BCUT2D eigenvalue weighted by molar-refractivity contribution is 6.35. The Hall–Kier alpha value is -3.11. The van der Waals surface area contributed by atoms with Crippen LogP contribution in [0.15, 0.2) is 30.3 Å². The van der Waals surface area contributed by atoms with Crippen molar-refractivity contribution in [2.24, 2.45) is 0 Å². The minimum Gasteiger partial charge on any atom is -0.495 e. The molecule has 27 heavy (non-hydrogen) atoms. The van der Waals surface area contributed by atoms with E-state index in [0.717, 1.165) is 0 Å². The summed E-state index contributed by atoms with van der Waals surface area (Å²) >= 11 is 6.05. The molecule has 0 aromatic heterocycles. The van der Waals surface area contributed by atoms with Gasteiger partial charge in [0.15, 0.2) is 5.78 Å². The number of ether oxygens (including phenoxy) is 1. The number of methoxy groups -OCH3 is 1. The lowest BCUT2D eigenvalue weighted by Gasteiger charge is -2.18. The van der Waals surface area contributed by atoms with Crippen LogP contribution in [0.1, 0.15) is 46.4 Å². The molecule has 0 aliphatic rings. The molecule has 0 aliphatic heterocycles. The lowest BCUT2D eigenvalue weighted by Crippen LogP contribution is -2.27. The lowest BCUT2D eigenvalue weighted by atomic mass is 9.95. The molecule has 1 amide bonds. The zero-order valence-electron chi connectivity index (χ0n) is 14.5. The van der Waals surface area contributed by atoms with Gasteiger partial charge >= 0.3 is 6.09 Å². The number of nitrogens with zero attached hydrogens (tertiary/aromatic N) is 1. The number of ketones is 1. The number of rotatable bonds is 6. The van der Waals surface area contributed by atoms with Crippen molar-refractivity contribution in [1.82, 2.24) is 5.32 Å². The Morgan fingerprint density at radius 2 is 2.07 bits per heavy atom. The predicted molar refractivity (Wildman–Crippen MR) is 96.7 cm³/mol. The molecule has 0 bridgehead atoms. The fourth-order valence-corrected chi connectivity index (χ4v) is 2.90. The number of carboxylic acid groups (broad SMARTS) is 1. The monoisotopic (exact) mass is 390 g/mol. The van der Waals surface area contributed by atoms with Crippen LogP contribution in [-0.4, -0.2) is 24.1 Å². The predicted octanol–water partition coefficient (Wildman–Crippen LogP) is 4.31. The van der Waals surface area contributed by atoms with Gasteiger partial charge in [0.25, 0.3) is 0 Å². The van der Waals surface area contributed by atoms with Gasteiger partial charge in [0, 0.05) is 11.1 Å². The van der Waals surface area contributed by atoms with Gasteiger partial charge in [-0.3, -0.25) is 4.79 Å². The molecule has 8 heteroatoms. The lowest BCUT2D eigenvalue weighted by molar-refractivity contribution is 0.103. The number of amides is 1. The van der Waals surface area contributed by atoms with Crippen LogP contribution in [0, 0.1) is 17.1 Å². The van der Waals surface area contributed by atoms with Gasteiger partial charge in [-0.05, 0) is 30.7 Å². The standard InChI is InChI=1S/C19H16ClFN2O4/c1-3-14(23-19(25)26)12-6-7-13(20)16(17(12)21)18(24)10-4-5-11(9-22)15(8-10)27-2/h4-8,14,23H,3H2,1-2H3,(H,25,26)/t14-/m1/s1. The second-order valence-corrected chi connectivity index (χ2v) is 6.00. The largest absolute Gasteiger partial charge is 0.495 e. The van der Waals surface area contributed by atoms with Crippen LogP contribution in [-0.2, 0) is 0 Å². The van der Waals surface area contributed by atoms with Crippen molar-refractivity contribution in [2.45, 2.75) is 19.4 Å². The van der Waals surface area contributed by atoms with Crippen LogP contribution in [0.25, 0.3) is 0 Å². The quantitative estimate of drug-likeness (QED) is 0.716. The smallest absolute Gasteiger partial charge is 0.405 e. The SMILES string of the molecule is CC[C@@H](NC(=O)O)c1ccc(Cl)c(C(=O)c2ccc(C#N)c(OC)c2)c1F. The minimum absolute atomic E-state index is 0.0215. The van der Waals surface area contributed by atoms with Gasteiger partial charge in [-0.2, -0.15) is 5.26 Å². The Bertz CT molecular complexity index is 940. The third kappa shape index (κ3) is 4.18. The molecule has 2 aromatic carbocycles. The number of carbonyl (C=O) groups is 2. The molecule has 0 heterocycles. The van der Waals surface area contributed by atoms with E-state index in [-0.39, 0.29) is 39.4 Å². The van der Waals surface area contributed by atoms with E-state index in [9.17, 15) is 9.59 Å². The van der Waals surface area contributed by atoms with Crippen molar-refractivity contribution in [2.75, 3.05) is 7.11 Å². The first-order chi connectivity index (χ1) is 12.8. The molecular formula is C19H16ClFN2O4. The Labute approximate surface area is 160 Å². The van der Waals surface area contributed by atoms with E-state index in [2.05, 4.69) is 5.32 Å². The summed E-state index contributed by atoms with van der Waals surface area (Å²) in [4.78, 5) is 23.8. The Kier molecular flexibility index (Phi) is 6.37. The topological polar surface area (TPSA) is 99.4 Å². The summed E-state index contributed by atoms with van der Waals surface area (Å²) in [6.45, 7) is 1.68. The highest BCUT2D eigenvalue weighted by Crippen LogP contribution is 2.30. The third-order valence-corrected chi connectivity index (χ3v) is 4.33. The second kappa shape index (κ2) is 8.52. The first kappa shape index (κ1) is 20.2. The molecule has 0 saturated carbocycles. The molecule has 2 N–H and O–H groups in total. The first-order valence-corrected chi connectivity index (χ1v) is 8.32. The van der Waals surface area contributed by atoms with Crippen LogP contribution in [0.4, 0.5) is 9.18 Å². The van der Waals surface area contributed by atoms with Gasteiger partial charge in [-0.1, -0.05) is 24.6 Å². The zero-order chi connectivity index (χ0) is 20.1. The van der Waals surface area contributed by atoms with E-state index in [1.807, 2.05) is 6.07 Å². The molecule has 0 saturated heterocycles. The summed E-state index contributed by atoms with van der Waals surface area (Å²) < 4.78 is 20.1. The van der Waals surface area contributed by atoms with E-state index in [4.69, 9.17) is 26.7 Å². The fraction of sp³-hybridized carbons (Fsp3) is 0.211. The molecule has 0 aliphatic carbocycles. The highest BCUT2D eigenvalue weighted by Gasteiger charge is 2.25. The molecule has 140 valence electrons. The van der Waals surface area contributed by atoms with Crippen LogP contribution in [0.5, 0.6) is 5.75 Å². The summed E-state index contributed by atoms with van der Waals surface area (Å²) in [6.07, 6.45) is -1.02. The fourth-order valence-electron chi connectivity index (χ4n) is 2.66. The average Bonchev–Trinajstić information content (AvgIpc) is 2.65. The highest BCUT2D eigenvalue weighted by atomic mass is 35.5. The van der Waals surface area contributed by atoms with Crippen LogP contribution in [0.2, 0.25) is 5.02 Å². The van der Waals surface area contributed by atoms with Gasteiger partial charge in [0.2, 0.25) is 0 Å². The van der Waals surface area contributed by atoms with Crippen molar-refractivity contribution in [3.63, 3.8) is 0 Å². The van der Waals surface area contributed by atoms with Crippen molar-refractivity contribution >= 4 is 23.5 Å². The molecule has 6 nitrogen and oxygen atoms in total. The summed E-state index contributed by atoms with van der Waals surface area (Å²) in [5.74, 6) is -1.42. The molecule has 2 rings (SSSR count). The molecule has 1 atom stereocenters. The van der Waals surface area contributed by atoms with E-state index in [1.54, 1.807) is 6.92 Å². The van der Waals surface area contributed by atoms with Crippen LogP contribution in [0.3, 0.4) is 0 Å². The molecule has 0 fully saturated rings. The van der Waals surface area contributed by atoms with Gasteiger partial charge in [-0.15, -0.1) is 0 Å². The second-order valence-electron chi connectivity index (χ2n) is 5.59. The van der Waals surface area contributed by atoms with Crippen molar-refractivity contribution < 1.29 is 23.8 Å². The average molecular weight is 391 g/mol. The Balaban J connectivity index is 2.55. The zero-order valence-corrected chi connectivity index (χ0v) is 15.3. The number of hydrogen-bond acceptors (Lipinski definition) is 4. The maximum Gasteiger partial charge on any atom is 0.405 e. The number of nitrogens with one attached hydrogen (secondary N) is 1. The number of carbonyl (C=O) groups excluding carboxylic acids is 1. The molecule has 2 aromatic rings. The molecule has 0 spiro atoms. The van der Waals surface area contributed by atoms with Crippen molar-refractivity contribution in [1.29, 1.82) is 5.26 Å². The van der Waals surface area contributed by atoms with Gasteiger partial charge < -0.3 is 15.2 Å². The summed E-state index contributed by atoms with van der Waals surface area (Å²) in [5, 5.41) is 20.1. The van der Waals surface area contributed by atoms with Crippen LogP contribution >= 0.6 is 11.6 Å². The summed E-state index contributed by atoms with van der Waals surface area (Å²) in [5.41, 5.74) is -0.0334. The first-order valence-electron chi connectivity index (χ1n) is 7.94. The maximum absolute atomic E-state index is 15.1. The van der Waals surface area contributed by atoms with Gasteiger partial charge in [0.05, 0.1) is 29.3 Å². The number of hydrogen-bond donors (Lipinski definition) is 2. The van der Waals surface area contributed by atoms with E-state index in [0.29, 0.717) is 0 Å². The summed E-state index contributed by atoms with van der Waals surface area (Å²) in [7, 11) is 1.35. The Morgan fingerprint density at radius 1 is 1.37 bits per heavy atom. The number of halogens is 2. The minimum atomic E-state index is -1.30. The van der Waals surface area contributed by atoms with Gasteiger partial charge in [-0.25, -0.2) is 9.18 Å². The maximum atomic E-state index is 15.1. The summed E-state index contributed by atoms with van der Waals surface area (Å²) in [6, 6.07) is 7.88. The van der Waals surface area contributed by atoms with Gasteiger partial charge in [0.1, 0.15) is 17.6 Å². The number of benzene rings is 2.